The molecule has 2 nitrogen and oxygen atoms in total. The number of hydrogen-bond acceptors (Lipinski definition) is 1. The first-order valence-electron chi connectivity index (χ1n) is 6.67. The molecule has 0 aliphatic heterocycles. The van der Waals surface area contributed by atoms with Crippen molar-refractivity contribution < 1.29 is 8.78 Å². The largest absolute Gasteiger partial charge is 0.349 e. The highest BCUT2D eigenvalue weighted by Crippen LogP contribution is 2.13. The van der Waals surface area contributed by atoms with E-state index >= 15 is 0 Å². The van der Waals surface area contributed by atoms with Gasteiger partial charge in [-0.05, 0) is 38.5 Å². The fraction of sp³-hybridized carbons (Fsp3) is 0.375. The standard InChI is InChI=1S/C16H20F2N2/c1-16(2,3)19-9-12-6-7-20(10-12)11-13-4-5-14(17)8-15(13)18/h4-8,10,19H,9,11H2,1-3H3. The molecule has 20 heavy (non-hydrogen) atoms. The molecule has 0 saturated heterocycles. The van der Waals surface area contributed by atoms with Crippen LogP contribution in [-0.2, 0) is 13.1 Å². The smallest absolute Gasteiger partial charge is 0.131 e. The van der Waals surface area contributed by atoms with Gasteiger partial charge in [0.1, 0.15) is 11.6 Å². The first kappa shape index (κ1) is 14.7. The number of nitrogens with zero attached hydrogens (tertiary/aromatic N) is 1. The second-order valence-corrected chi connectivity index (χ2v) is 6.03. The van der Waals surface area contributed by atoms with E-state index in [4.69, 9.17) is 0 Å². The molecule has 1 N–H and O–H groups in total. The summed E-state index contributed by atoms with van der Waals surface area (Å²) in [5.74, 6) is -1.05. The summed E-state index contributed by atoms with van der Waals surface area (Å²) < 4.78 is 28.3. The molecular weight excluding hydrogens is 258 g/mol. The van der Waals surface area contributed by atoms with Gasteiger partial charge in [-0.1, -0.05) is 6.07 Å². The van der Waals surface area contributed by atoms with Crippen molar-refractivity contribution >= 4 is 0 Å². The summed E-state index contributed by atoms with van der Waals surface area (Å²) in [7, 11) is 0. The van der Waals surface area contributed by atoms with Crippen LogP contribution < -0.4 is 5.32 Å². The minimum Gasteiger partial charge on any atom is -0.349 e. The zero-order valence-electron chi connectivity index (χ0n) is 12.1. The number of aromatic nitrogens is 1. The molecule has 0 amide bonds. The summed E-state index contributed by atoms with van der Waals surface area (Å²) in [6, 6.07) is 5.68. The number of hydrogen-bond donors (Lipinski definition) is 1. The average molecular weight is 278 g/mol. The molecule has 1 aromatic heterocycles. The molecule has 0 radical (unpaired) electrons. The maximum absolute atomic E-state index is 13.6. The SMILES string of the molecule is CC(C)(C)NCc1ccn(Cc2ccc(F)cc2F)c1. The number of rotatable bonds is 4. The maximum Gasteiger partial charge on any atom is 0.131 e. The lowest BCUT2D eigenvalue weighted by Crippen LogP contribution is -2.34. The molecule has 0 aliphatic carbocycles. The van der Waals surface area contributed by atoms with Gasteiger partial charge in [-0.3, -0.25) is 0 Å². The van der Waals surface area contributed by atoms with Crippen LogP contribution in [0.25, 0.3) is 0 Å². The van der Waals surface area contributed by atoms with E-state index in [1.165, 1.54) is 12.1 Å². The van der Waals surface area contributed by atoms with Gasteiger partial charge in [-0.25, -0.2) is 8.78 Å². The van der Waals surface area contributed by atoms with Crippen molar-refractivity contribution in [3.05, 3.63) is 59.4 Å². The molecule has 2 rings (SSSR count). The topological polar surface area (TPSA) is 17.0 Å². The Morgan fingerprint density at radius 2 is 1.90 bits per heavy atom. The van der Waals surface area contributed by atoms with E-state index in [0.717, 1.165) is 18.2 Å². The van der Waals surface area contributed by atoms with Gasteiger partial charge in [0.15, 0.2) is 0 Å². The van der Waals surface area contributed by atoms with Crippen molar-refractivity contribution in [3.63, 3.8) is 0 Å². The van der Waals surface area contributed by atoms with Crippen molar-refractivity contribution in [1.29, 1.82) is 0 Å². The van der Waals surface area contributed by atoms with Gasteiger partial charge in [0, 0.05) is 42.7 Å². The Labute approximate surface area is 118 Å². The maximum atomic E-state index is 13.6. The van der Waals surface area contributed by atoms with Crippen molar-refractivity contribution in [2.75, 3.05) is 0 Å². The molecule has 0 saturated carbocycles. The van der Waals surface area contributed by atoms with E-state index in [2.05, 4.69) is 26.1 Å². The van der Waals surface area contributed by atoms with Gasteiger partial charge in [0.05, 0.1) is 0 Å². The first-order valence-corrected chi connectivity index (χ1v) is 6.67. The van der Waals surface area contributed by atoms with Crippen LogP contribution in [0.2, 0.25) is 0 Å². The van der Waals surface area contributed by atoms with Crippen LogP contribution in [0.5, 0.6) is 0 Å². The fourth-order valence-electron chi connectivity index (χ4n) is 1.91. The molecule has 1 aromatic carbocycles. The van der Waals surface area contributed by atoms with Crippen molar-refractivity contribution in [2.45, 2.75) is 39.4 Å². The molecule has 0 unspecified atom stereocenters. The van der Waals surface area contributed by atoms with E-state index in [-0.39, 0.29) is 5.54 Å². The highest BCUT2D eigenvalue weighted by atomic mass is 19.1. The third-order valence-electron chi connectivity index (χ3n) is 3.00. The monoisotopic (exact) mass is 278 g/mol. The van der Waals surface area contributed by atoms with Crippen molar-refractivity contribution in [2.24, 2.45) is 0 Å². The van der Waals surface area contributed by atoms with E-state index in [0.29, 0.717) is 12.1 Å². The molecule has 4 heteroatoms. The van der Waals surface area contributed by atoms with Crippen LogP contribution in [0.3, 0.4) is 0 Å². The van der Waals surface area contributed by atoms with Crippen LogP contribution in [0.1, 0.15) is 31.9 Å². The normalized spacial score (nSPS) is 11.8. The quantitative estimate of drug-likeness (QED) is 0.902. The summed E-state index contributed by atoms with van der Waals surface area (Å²) in [6.45, 7) is 7.50. The zero-order valence-corrected chi connectivity index (χ0v) is 12.1. The minimum atomic E-state index is -0.547. The van der Waals surface area contributed by atoms with E-state index in [1.54, 1.807) is 0 Å². The molecule has 0 fully saturated rings. The molecule has 0 bridgehead atoms. The molecule has 0 atom stereocenters. The minimum absolute atomic E-state index is 0.0607. The summed E-state index contributed by atoms with van der Waals surface area (Å²) >= 11 is 0. The number of benzene rings is 1. The van der Waals surface area contributed by atoms with E-state index in [9.17, 15) is 8.78 Å². The zero-order chi connectivity index (χ0) is 14.8. The van der Waals surface area contributed by atoms with Crippen LogP contribution in [-0.4, -0.2) is 10.1 Å². The van der Waals surface area contributed by atoms with Crippen LogP contribution in [0, 0.1) is 11.6 Å². The Balaban J connectivity index is 2.02. The Hall–Kier alpha value is -1.68. The summed E-state index contributed by atoms with van der Waals surface area (Å²) in [4.78, 5) is 0. The summed E-state index contributed by atoms with van der Waals surface area (Å²) in [6.07, 6.45) is 3.88. The molecular formula is C16H20F2N2. The third-order valence-corrected chi connectivity index (χ3v) is 3.00. The highest BCUT2D eigenvalue weighted by Gasteiger charge is 2.09. The second kappa shape index (κ2) is 5.75. The van der Waals surface area contributed by atoms with Crippen LogP contribution in [0.4, 0.5) is 8.78 Å². The molecule has 0 spiro atoms. The molecule has 0 aliphatic rings. The lowest BCUT2D eigenvalue weighted by Gasteiger charge is -2.19. The predicted molar refractivity (Wildman–Crippen MR) is 76.5 cm³/mol. The Morgan fingerprint density at radius 3 is 2.55 bits per heavy atom. The lowest BCUT2D eigenvalue weighted by atomic mass is 10.1. The fourth-order valence-corrected chi connectivity index (χ4v) is 1.91. The molecule has 108 valence electrons. The van der Waals surface area contributed by atoms with Gasteiger partial charge in [-0.15, -0.1) is 0 Å². The molecule has 1 heterocycles. The van der Waals surface area contributed by atoms with Crippen LogP contribution in [0.15, 0.2) is 36.7 Å². The van der Waals surface area contributed by atoms with Gasteiger partial charge < -0.3 is 9.88 Å². The first-order chi connectivity index (χ1) is 9.33. The van der Waals surface area contributed by atoms with Crippen LogP contribution >= 0.6 is 0 Å². The predicted octanol–water partition coefficient (Wildman–Crippen LogP) is 3.70. The number of halogens is 2. The molecule has 2 aromatic rings. The van der Waals surface area contributed by atoms with Crippen molar-refractivity contribution in [1.82, 2.24) is 9.88 Å². The summed E-state index contributed by atoms with van der Waals surface area (Å²) in [5.41, 5.74) is 1.69. The van der Waals surface area contributed by atoms with Gasteiger partial charge in [0.25, 0.3) is 0 Å². The Bertz CT molecular complexity index is 582. The average Bonchev–Trinajstić information content (AvgIpc) is 2.77. The van der Waals surface area contributed by atoms with Gasteiger partial charge >= 0.3 is 0 Å². The summed E-state index contributed by atoms with van der Waals surface area (Å²) in [5, 5.41) is 3.40. The van der Waals surface area contributed by atoms with E-state index < -0.39 is 11.6 Å². The van der Waals surface area contributed by atoms with Gasteiger partial charge in [0.2, 0.25) is 0 Å². The van der Waals surface area contributed by atoms with E-state index in [1.807, 2.05) is 23.0 Å². The van der Waals surface area contributed by atoms with Crippen molar-refractivity contribution in [3.8, 4) is 0 Å². The second-order valence-electron chi connectivity index (χ2n) is 6.03. The third kappa shape index (κ3) is 4.17. The highest BCUT2D eigenvalue weighted by molar-refractivity contribution is 5.20. The Morgan fingerprint density at radius 1 is 1.15 bits per heavy atom. The van der Waals surface area contributed by atoms with Gasteiger partial charge in [-0.2, -0.15) is 0 Å². The number of nitrogens with one attached hydrogen (secondary N) is 1. The Kier molecular flexibility index (Phi) is 4.23. The lowest BCUT2D eigenvalue weighted by molar-refractivity contribution is 0.424.